The summed E-state index contributed by atoms with van der Waals surface area (Å²) in [6, 6.07) is 13.3. The molecule has 0 unspecified atom stereocenters. The van der Waals surface area contributed by atoms with Gasteiger partial charge in [0, 0.05) is 25.7 Å². The number of nitrogens with zero attached hydrogens (tertiary/aromatic N) is 6. The summed E-state index contributed by atoms with van der Waals surface area (Å²) in [4.78, 5) is 32.9. The normalized spacial score (nSPS) is 16.0. The number of benzene rings is 1. The highest BCUT2D eigenvalue weighted by Gasteiger charge is 2.29. The number of hydrogen-bond acceptors (Lipinski definition) is 5. The van der Waals surface area contributed by atoms with Gasteiger partial charge in [-0.2, -0.15) is 0 Å². The summed E-state index contributed by atoms with van der Waals surface area (Å²) in [6.45, 7) is 7.76. The number of carbonyl (C=O) groups excluding carboxylic acids is 1. The van der Waals surface area contributed by atoms with Crippen LogP contribution in [0.1, 0.15) is 35.1 Å². The smallest absolute Gasteiger partial charge is 0.284 e. The molecule has 3 aromatic heterocycles. The molecule has 170 valence electrons. The molecule has 1 fully saturated rings. The Labute approximate surface area is 191 Å². The van der Waals surface area contributed by atoms with Crippen molar-refractivity contribution in [3.05, 3.63) is 76.0 Å². The molecule has 1 amide bonds. The Balaban J connectivity index is 1.36. The summed E-state index contributed by atoms with van der Waals surface area (Å²) in [5, 5.41) is 7.77. The fourth-order valence-electron chi connectivity index (χ4n) is 4.61. The van der Waals surface area contributed by atoms with Gasteiger partial charge in [-0.25, -0.2) is 14.2 Å². The monoisotopic (exact) mass is 445 g/mol. The van der Waals surface area contributed by atoms with Crippen LogP contribution in [-0.4, -0.2) is 49.0 Å². The lowest BCUT2D eigenvalue weighted by atomic mass is 10.2. The highest BCUT2D eigenvalue weighted by Crippen LogP contribution is 2.20. The predicted octanol–water partition coefficient (Wildman–Crippen LogP) is 2.33. The molecule has 1 aromatic carbocycles. The van der Waals surface area contributed by atoms with Gasteiger partial charge in [-0.1, -0.05) is 18.2 Å². The van der Waals surface area contributed by atoms with Crippen molar-refractivity contribution in [3.8, 4) is 5.69 Å². The molecule has 0 saturated carbocycles. The minimum atomic E-state index is -0.324. The third-order valence-corrected chi connectivity index (χ3v) is 6.29. The largest absolute Gasteiger partial charge is 0.353 e. The predicted molar refractivity (Wildman–Crippen MR) is 126 cm³/mol. The van der Waals surface area contributed by atoms with Crippen molar-refractivity contribution in [2.75, 3.05) is 18.0 Å². The summed E-state index contributed by atoms with van der Waals surface area (Å²) in [5.41, 5.74) is 3.10. The average Bonchev–Trinajstić information content (AvgIpc) is 3.50. The fourth-order valence-corrected chi connectivity index (χ4v) is 4.61. The third kappa shape index (κ3) is 3.59. The highest BCUT2D eigenvalue weighted by atomic mass is 16.2. The molecule has 1 atom stereocenters. The van der Waals surface area contributed by atoms with Crippen molar-refractivity contribution in [2.24, 2.45) is 0 Å². The Bertz CT molecular complexity index is 1380. The second kappa shape index (κ2) is 8.23. The van der Waals surface area contributed by atoms with Crippen LogP contribution < -0.4 is 15.8 Å². The number of rotatable bonds is 5. The number of para-hydroxylation sites is 1. The number of nitrogens with one attached hydrogen (secondary N) is 1. The summed E-state index contributed by atoms with van der Waals surface area (Å²) < 4.78 is 5.25. The Morgan fingerprint density at radius 2 is 1.94 bits per heavy atom. The van der Waals surface area contributed by atoms with E-state index in [1.165, 1.54) is 0 Å². The van der Waals surface area contributed by atoms with Crippen LogP contribution in [0.25, 0.3) is 11.3 Å². The van der Waals surface area contributed by atoms with Crippen LogP contribution in [0.4, 0.5) is 5.82 Å². The Morgan fingerprint density at radius 3 is 2.70 bits per heavy atom. The zero-order valence-electron chi connectivity index (χ0n) is 19.0. The van der Waals surface area contributed by atoms with Gasteiger partial charge in [0.15, 0.2) is 5.65 Å². The third-order valence-electron chi connectivity index (χ3n) is 6.29. The van der Waals surface area contributed by atoms with Gasteiger partial charge in [-0.05, 0) is 51.5 Å². The Morgan fingerprint density at radius 1 is 1.15 bits per heavy atom. The first-order valence-electron chi connectivity index (χ1n) is 11.2. The molecule has 4 heterocycles. The lowest BCUT2D eigenvalue weighted by molar-refractivity contribution is 0.0938. The number of aryl methyl sites for hydroxylation is 1. The van der Waals surface area contributed by atoms with Crippen LogP contribution in [0, 0.1) is 13.8 Å². The maximum Gasteiger partial charge on any atom is 0.284 e. The molecule has 1 N–H and O–H groups in total. The molecule has 9 nitrogen and oxygen atoms in total. The lowest BCUT2D eigenvalue weighted by Crippen LogP contribution is -2.39. The van der Waals surface area contributed by atoms with E-state index in [4.69, 9.17) is 0 Å². The van der Waals surface area contributed by atoms with Crippen LogP contribution in [-0.2, 0) is 6.54 Å². The molecule has 9 heteroatoms. The van der Waals surface area contributed by atoms with E-state index < -0.39 is 0 Å². The minimum absolute atomic E-state index is 0.0622. The molecule has 0 bridgehead atoms. The van der Waals surface area contributed by atoms with E-state index in [2.05, 4.69) is 20.3 Å². The van der Waals surface area contributed by atoms with Crippen molar-refractivity contribution >= 4 is 17.4 Å². The van der Waals surface area contributed by atoms with E-state index >= 15 is 0 Å². The second-order valence-corrected chi connectivity index (χ2v) is 8.39. The fraction of sp³-hybridized carbons (Fsp3) is 0.333. The molecular weight excluding hydrogens is 418 g/mol. The number of carbonyl (C=O) groups is 1. The summed E-state index contributed by atoms with van der Waals surface area (Å²) >= 11 is 0. The van der Waals surface area contributed by atoms with Crippen molar-refractivity contribution in [1.29, 1.82) is 0 Å². The molecule has 0 radical (unpaired) electrons. The lowest BCUT2D eigenvalue weighted by Gasteiger charge is -2.18. The first kappa shape index (κ1) is 21.0. The van der Waals surface area contributed by atoms with E-state index in [0.717, 1.165) is 35.8 Å². The molecule has 5 rings (SSSR count). The van der Waals surface area contributed by atoms with Gasteiger partial charge in [0.25, 0.3) is 11.5 Å². The maximum atomic E-state index is 13.3. The van der Waals surface area contributed by atoms with Gasteiger partial charge in [-0.15, -0.1) is 5.10 Å². The van der Waals surface area contributed by atoms with Crippen LogP contribution in [0.5, 0.6) is 0 Å². The van der Waals surface area contributed by atoms with Crippen molar-refractivity contribution in [1.82, 2.24) is 29.3 Å². The number of aromatic nitrogens is 5. The van der Waals surface area contributed by atoms with E-state index in [-0.39, 0.29) is 23.1 Å². The minimum Gasteiger partial charge on any atom is -0.353 e. The van der Waals surface area contributed by atoms with Crippen molar-refractivity contribution in [3.63, 3.8) is 0 Å². The van der Waals surface area contributed by atoms with E-state index in [0.29, 0.717) is 18.8 Å². The number of amides is 1. The molecule has 1 aliphatic heterocycles. The molecule has 0 aliphatic carbocycles. The molecule has 1 aliphatic rings. The number of hydrogen-bond donors (Lipinski definition) is 1. The average molecular weight is 446 g/mol. The number of anilines is 1. The van der Waals surface area contributed by atoms with E-state index in [9.17, 15) is 9.59 Å². The quantitative estimate of drug-likeness (QED) is 0.509. The van der Waals surface area contributed by atoms with E-state index in [1.807, 2.05) is 72.4 Å². The summed E-state index contributed by atoms with van der Waals surface area (Å²) in [7, 11) is 0. The van der Waals surface area contributed by atoms with Crippen molar-refractivity contribution < 1.29 is 4.79 Å². The van der Waals surface area contributed by atoms with Crippen molar-refractivity contribution in [2.45, 2.75) is 39.8 Å². The zero-order valence-corrected chi connectivity index (χ0v) is 19.0. The van der Waals surface area contributed by atoms with E-state index in [1.54, 1.807) is 10.9 Å². The van der Waals surface area contributed by atoms with Crippen LogP contribution in [0.2, 0.25) is 0 Å². The van der Waals surface area contributed by atoms with Gasteiger partial charge in [-0.3, -0.25) is 14.3 Å². The maximum absolute atomic E-state index is 13.3. The number of imidazole rings is 1. The van der Waals surface area contributed by atoms with Gasteiger partial charge in [0.1, 0.15) is 11.4 Å². The first-order chi connectivity index (χ1) is 16.0. The van der Waals surface area contributed by atoms with Crippen LogP contribution >= 0.6 is 0 Å². The van der Waals surface area contributed by atoms with Crippen LogP contribution in [0.15, 0.2) is 53.5 Å². The van der Waals surface area contributed by atoms with Gasteiger partial charge >= 0.3 is 0 Å². The zero-order chi connectivity index (χ0) is 23.1. The van der Waals surface area contributed by atoms with Gasteiger partial charge in [0.2, 0.25) is 0 Å². The van der Waals surface area contributed by atoms with Gasteiger partial charge < -0.3 is 10.2 Å². The Hall–Kier alpha value is -3.88. The second-order valence-electron chi connectivity index (χ2n) is 8.39. The SMILES string of the molecule is CCn1c(C)c(C(=O)N[C@H]2CCN(c3ccc4ncc(C)n4n3)C2)c(=O)n1-c1ccccc1. The molecule has 33 heavy (non-hydrogen) atoms. The molecule has 4 aromatic rings. The molecule has 0 spiro atoms. The Kier molecular flexibility index (Phi) is 5.24. The standard InChI is InChI=1S/C24H27N7O2/c1-4-29-17(3)22(24(33)31(29)19-8-6-5-7-9-19)23(32)26-18-12-13-28(15-18)21-11-10-20-25-14-16(2)30(20)27-21/h5-11,14,18H,4,12-13,15H2,1-3H3,(H,26,32)/t18-/m0/s1. The first-order valence-corrected chi connectivity index (χ1v) is 11.2. The highest BCUT2D eigenvalue weighted by molar-refractivity contribution is 5.95. The molecule has 1 saturated heterocycles. The number of fused-ring (bicyclic) bond motifs is 1. The summed E-state index contributed by atoms with van der Waals surface area (Å²) in [6.07, 6.45) is 2.58. The molecular formula is C24H27N7O2. The van der Waals surface area contributed by atoms with Crippen LogP contribution in [0.3, 0.4) is 0 Å². The van der Waals surface area contributed by atoms with Gasteiger partial charge in [0.05, 0.1) is 23.3 Å². The topological polar surface area (TPSA) is 89.5 Å². The summed E-state index contributed by atoms with van der Waals surface area (Å²) in [5.74, 6) is 0.523.